The molecule has 0 aliphatic carbocycles. The Hall–Kier alpha value is -0.990. The normalized spacial score (nSPS) is 19.7. The maximum absolute atomic E-state index is 9.43. The van der Waals surface area contributed by atoms with Crippen molar-refractivity contribution in [2.24, 2.45) is 0 Å². The summed E-state index contributed by atoms with van der Waals surface area (Å²) in [6.45, 7) is 5.16. The number of thioether (sulfide) groups is 1. The van der Waals surface area contributed by atoms with Crippen molar-refractivity contribution in [2.45, 2.75) is 30.7 Å². The van der Waals surface area contributed by atoms with Gasteiger partial charge in [-0.05, 0) is 24.1 Å². The summed E-state index contributed by atoms with van der Waals surface area (Å²) < 4.78 is 0. The van der Waals surface area contributed by atoms with Gasteiger partial charge in [0.05, 0.1) is 0 Å². The summed E-state index contributed by atoms with van der Waals surface area (Å²) in [6, 6.07) is 4.70. The molecule has 24 heavy (non-hydrogen) atoms. The van der Waals surface area contributed by atoms with Gasteiger partial charge in [-0.1, -0.05) is 17.8 Å². The Morgan fingerprint density at radius 3 is 2.79 bits per heavy atom. The molecule has 0 radical (unpaired) electrons. The molecule has 0 amide bonds. The standard InChI is InChI=1S/C17H24N4OS2/c1-23-17-18-9-14(10-19-17)11-20-5-6-21(15(12-20)4-7-22)13-16-3-2-8-24-16/h2-3,8-10,15,22H,4-7,11-13H2,1H3/t15-/m1/s1. The Labute approximate surface area is 151 Å². The van der Waals surface area contributed by atoms with E-state index in [4.69, 9.17) is 0 Å². The SMILES string of the molecule is CSc1ncc(CN2CCN(Cc3cccs3)[C@H](CCO)C2)cn1. The lowest BCUT2D eigenvalue weighted by atomic mass is 10.1. The Bertz CT molecular complexity index is 606. The van der Waals surface area contributed by atoms with E-state index in [2.05, 4.69) is 37.3 Å². The minimum Gasteiger partial charge on any atom is -0.396 e. The largest absolute Gasteiger partial charge is 0.396 e. The molecule has 1 fully saturated rings. The molecule has 3 heterocycles. The monoisotopic (exact) mass is 364 g/mol. The molecule has 1 aliphatic rings. The zero-order chi connectivity index (χ0) is 16.8. The average Bonchev–Trinajstić information content (AvgIpc) is 3.11. The predicted molar refractivity (Wildman–Crippen MR) is 99.3 cm³/mol. The number of hydrogen-bond donors (Lipinski definition) is 1. The van der Waals surface area contributed by atoms with E-state index in [1.165, 1.54) is 4.88 Å². The van der Waals surface area contributed by atoms with Crippen LogP contribution in [0.1, 0.15) is 16.9 Å². The van der Waals surface area contributed by atoms with Gasteiger partial charge in [0.25, 0.3) is 0 Å². The van der Waals surface area contributed by atoms with Crippen LogP contribution in [0.25, 0.3) is 0 Å². The van der Waals surface area contributed by atoms with Gasteiger partial charge in [0.15, 0.2) is 5.16 Å². The van der Waals surface area contributed by atoms with Crippen LogP contribution in [0.15, 0.2) is 35.1 Å². The molecule has 0 saturated carbocycles. The topological polar surface area (TPSA) is 52.5 Å². The molecule has 1 aliphatic heterocycles. The van der Waals surface area contributed by atoms with Crippen molar-refractivity contribution in [3.05, 3.63) is 40.3 Å². The first-order valence-corrected chi connectivity index (χ1v) is 10.3. The summed E-state index contributed by atoms with van der Waals surface area (Å²) >= 11 is 3.37. The van der Waals surface area contributed by atoms with E-state index in [0.29, 0.717) is 6.04 Å². The molecule has 1 saturated heterocycles. The fourth-order valence-electron chi connectivity index (χ4n) is 3.12. The summed E-state index contributed by atoms with van der Waals surface area (Å²) in [7, 11) is 0. The smallest absolute Gasteiger partial charge is 0.187 e. The fourth-order valence-corrected chi connectivity index (χ4v) is 4.17. The first kappa shape index (κ1) is 17.8. The van der Waals surface area contributed by atoms with E-state index in [1.54, 1.807) is 11.8 Å². The highest BCUT2D eigenvalue weighted by Gasteiger charge is 2.26. The van der Waals surface area contributed by atoms with E-state index < -0.39 is 0 Å². The molecule has 1 atom stereocenters. The van der Waals surface area contributed by atoms with Gasteiger partial charge in [0.2, 0.25) is 0 Å². The Morgan fingerprint density at radius 1 is 1.29 bits per heavy atom. The summed E-state index contributed by atoms with van der Waals surface area (Å²) in [5.74, 6) is 0. The number of piperazine rings is 1. The second kappa shape index (κ2) is 8.92. The predicted octanol–water partition coefficient (Wildman–Crippen LogP) is 2.33. The highest BCUT2D eigenvalue weighted by Crippen LogP contribution is 2.20. The van der Waals surface area contributed by atoms with Gasteiger partial charge in [0, 0.05) is 68.2 Å². The van der Waals surface area contributed by atoms with Gasteiger partial charge in [-0.15, -0.1) is 11.3 Å². The average molecular weight is 365 g/mol. The van der Waals surface area contributed by atoms with Crippen molar-refractivity contribution >= 4 is 23.1 Å². The molecule has 2 aromatic heterocycles. The molecule has 0 spiro atoms. The van der Waals surface area contributed by atoms with Crippen molar-refractivity contribution in [3.63, 3.8) is 0 Å². The summed E-state index contributed by atoms with van der Waals surface area (Å²) in [5, 5.41) is 12.4. The van der Waals surface area contributed by atoms with Crippen LogP contribution < -0.4 is 0 Å². The first-order valence-electron chi connectivity index (χ1n) is 8.23. The molecule has 0 aromatic carbocycles. The van der Waals surface area contributed by atoms with Crippen molar-refractivity contribution in [2.75, 3.05) is 32.5 Å². The van der Waals surface area contributed by atoms with E-state index in [9.17, 15) is 5.11 Å². The number of thiophene rings is 1. The number of aliphatic hydroxyl groups excluding tert-OH is 1. The maximum atomic E-state index is 9.43. The van der Waals surface area contributed by atoms with Crippen LogP contribution in [0, 0.1) is 0 Å². The molecule has 3 rings (SSSR count). The summed E-state index contributed by atoms with van der Waals surface area (Å²) in [6.07, 6.45) is 6.67. The maximum Gasteiger partial charge on any atom is 0.187 e. The lowest BCUT2D eigenvalue weighted by Gasteiger charge is -2.41. The van der Waals surface area contributed by atoms with E-state index in [0.717, 1.165) is 49.9 Å². The zero-order valence-corrected chi connectivity index (χ0v) is 15.6. The van der Waals surface area contributed by atoms with Crippen LogP contribution in [0.4, 0.5) is 0 Å². The lowest BCUT2D eigenvalue weighted by Crippen LogP contribution is -2.52. The molecular formula is C17H24N4OS2. The minimum absolute atomic E-state index is 0.241. The van der Waals surface area contributed by atoms with Crippen molar-refractivity contribution < 1.29 is 5.11 Å². The third kappa shape index (κ3) is 4.77. The van der Waals surface area contributed by atoms with Crippen LogP contribution >= 0.6 is 23.1 Å². The number of nitrogens with zero attached hydrogens (tertiary/aromatic N) is 4. The first-order chi connectivity index (χ1) is 11.8. The van der Waals surface area contributed by atoms with Gasteiger partial charge in [-0.25, -0.2) is 9.97 Å². The van der Waals surface area contributed by atoms with Crippen molar-refractivity contribution in [3.8, 4) is 0 Å². The number of rotatable bonds is 7. The quantitative estimate of drug-likeness (QED) is 0.601. The molecule has 7 heteroatoms. The second-order valence-electron chi connectivity index (χ2n) is 6.03. The third-order valence-corrected chi connectivity index (χ3v) is 5.80. The molecule has 0 bridgehead atoms. The second-order valence-corrected chi connectivity index (χ2v) is 7.83. The van der Waals surface area contributed by atoms with Crippen LogP contribution in [0.5, 0.6) is 0 Å². The molecule has 2 aromatic rings. The summed E-state index contributed by atoms with van der Waals surface area (Å²) in [5.41, 5.74) is 1.15. The highest BCUT2D eigenvalue weighted by atomic mass is 32.2. The van der Waals surface area contributed by atoms with E-state index >= 15 is 0 Å². The molecule has 130 valence electrons. The fraction of sp³-hybridized carbons (Fsp3) is 0.529. The zero-order valence-electron chi connectivity index (χ0n) is 14.0. The van der Waals surface area contributed by atoms with Crippen LogP contribution in [0.2, 0.25) is 0 Å². The van der Waals surface area contributed by atoms with Crippen LogP contribution in [-0.4, -0.2) is 63.4 Å². The molecule has 5 nitrogen and oxygen atoms in total. The third-order valence-electron chi connectivity index (χ3n) is 4.36. The Morgan fingerprint density at radius 2 is 2.12 bits per heavy atom. The van der Waals surface area contributed by atoms with Gasteiger partial charge in [0.1, 0.15) is 0 Å². The highest BCUT2D eigenvalue weighted by molar-refractivity contribution is 7.98. The van der Waals surface area contributed by atoms with E-state index in [-0.39, 0.29) is 6.61 Å². The molecule has 0 unspecified atom stereocenters. The van der Waals surface area contributed by atoms with Crippen molar-refractivity contribution in [1.82, 2.24) is 19.8 Å². The Kier molecular flexibility index (Phi) is 6.62. The van der Waals surface area contributed by atoms with Gasteiger partial charge in [-0.3, -0.25) is 9.80 Å². The Balaban J connectivity index is 1.59. The van der Waals surface area contributed by atoms with Gasteiger partial charge >= 0.3 is 0 Å². The van der Waals surface area contributed by atoms with Crippen LogP contribution in [0.3, 0.4) is 0 Å². The van der Waals surface area contributed by atoms with E-state index in [1.807, 2.05) is 30.0 Å². The molecule has 1 N–H and O–H groups in total. The minimum atomic E-state index is 0.241. The molecular weight excluding hydrogens is 340 g/mol. The van der Waals surface area contributed by atoms with Gasteiger partial charge < -0.3 is 5.11 Å². The summed E-state index contributed by atoms with van der Waals surface area (Å²) in [4.78, 5) is 15.1. The number of aromatic nitrogens is 2. The van der Waals surface area contributed by atoms with Gasteiger partial charge in [-0.2, -0.15) is 0 Å². The van der Waals surface area contributed by atoms with Crippen molar-refractivity contribution in [1.29, 1.82) is 0 Å². The lowest BCUT2D eigenvalue weighted by molar-refractivity contribution is 0.0505. The number of hydrogen-bond acceptors (Lipinski definition) is 7. The van der Waals surface area contributed by atoms with Crippen LogP contribution in [-0.2, 0) is 13.1 Å². The number of aliphatic hydroxyl groups is 1.